The molecule has 1 fully saturated rings. The number of rotatable bonds is 11. The zero-order valence-corrected chi connectivity index (χ0v) is 20.9. The summed E-state index contributed by atoms with van der Waals surface area (Å²) >= 11 is 0. The van der Waals surface area contributed by atoms with Crippen molar-refractivity contribution in [2.24, 2.45) is 11.8 Å². The van der Waals surface area contributed by atoms with Crippen LogP contribution in [-0.4, -0.2) is 31.4 Å². The third kappa shape index (κ3) is 6.56. The van der Waals surface area contributed by atoms with Gasteiger partial charge < -0.3 is 15.0 Å². The van der Waals surface area contributed by atoms with Crippen molar-refractivity contribution in [2.75, 3.05) is 23.3 Å². The molecule has 1 N–H and O–H groups in total. The van der Waals surface area contributed by atoms with E-state index in [0.717, 1.165) is 6.07 Å². The van der Waals surface area contributed by atoms with Crippen LogP contribution in [0.25, 0.3) is 0 Å². The summed E-state index contributed by atoms with van der Waals surface area (Å²) in [5, 5.41) is 2.78. The fourth-order valence-corrected chi connectivity index (χ4v) is 4.61. The van der Waals surface area contributed by atoms with Crippen molar-refractivity contribution in [1.82, 2.24) is 0 Å². The summed E-state index contributed by atoms with van der Waals surface area (Å²) in [6.07, 6.45) is -1.67. The number of nitrogens with one attached hydrogen (secondary N) is 1. The predicted molar refractivity (Wildman–Crippen MR) is 130 cm³/mol. The maximum atomic E-state index is 14.1. The van der Waals surface area contributed by atoms with Crippen LogP contribution in [0.1, 0.15) is 51.7 Å². The van der Waals surface area contributed by atoms with Gasteiger partial charge in [-0.2, -0.15) is 0 Å². The third-order valence-electron chi connectivity index (χ3n) is 6.04. The quantitative estimate of drug-likeness (QED) is 0.296. The highest BCUT2D eigenvalue weighted by Crippen LogP contribution is 2.54. The molecule has 196 valence electrons. The topological polar surface area (TPSA) is 58.6 Å². The molecular weight excluding hydrogens is 476 g/mol. The number of benzene rings is 2. The van der Waals surface area contributed by atoms with Crippen LogP contribution in [0.2, 0.25) is 0 Å². The van der Waals surface area contributed by atoms with E-state index >= 15 is 0 Å². The Morgan fingerprint density at radius 3 is 2.22 bits per heavy atom. The van der Waals surface area contributed by atoms with Gasteiger partial charge in [-0.25, -0.2) is 17.6 Å². The zero-order valence-electron chi connectivity index (χ0n) is 20.9. The Labute approximate surface area is 208 Å². The van der Waals surface area contributed by atoms with E-state index in [1.54, 1.807) is 18.2 Å². The summed E-state index contributed by atoms with van der Waals surface area (Å²) in [6, 6.07) is 7.88. The van der Waals surface area contributed by atoms with Crippen LogP contribution in [-0.2, 0) is 26.3 Å². The molecule has 36 heavy (non-hydrogen) atoms. The van der Waals surface area contributed by atoms with Crippen molar-refractivity contribution >= 4 is 23.8 Å². The summed E-state index contributed by atoms with van der Waals surface area (Å²) in [7, 11) is 0. The first kappa shape index (κ1) is 27.5. The molecule has 0 unspecified atom stereocenters. The molecule has 0 bridgehead atoms. The number of alkyl halides is 2. The van der Waals surface area contributed by atoms with Gasteiger partial charge in [0.2, 0.25) is 5.91 Å². The van der Waals surface area contributed by atoms with E-state index in [0.29, 0.717) is 36.1 Å². The monoisotopic (exact) mass is 508 g/mol. The molecular formula is C27H32F4N2O3. The molecule has 0 radical (unpaired) electrons. The second kappa shape index (κ2) is 10.9. The molecule has 5 nitrogen and oxygen atoms in total. The van der Waals surface area contributed by atoms with E-state index in [2.05, 4.69) is 37.9 Å². The SMILES string of the molecule is CC(C)CN(CC(C)C)c1ccc(C2(OC=O)CC(F)(F)C2)cc1NC(=O)Cc1ccc(F)cc1F. The zero-order chi connectivity index (χ0) is 26.7. The first-order valence-corrected chi connectivity index (χ1v) is 12.0. The van der Waals surface area contributed by atoms with Gasteiger partial charge in [-0.1, -0.05) is 39.8 Å². The van der Waals surface area contributed by atoms with Crippen LogP contribution in [0.5, 0.6) is 0 Å². The minimum Gasteiger partial charge on any atom is -0.456 e. The Kier molecular flexibility index (Phi) is 8.31. The van der Waals surface area contributed by atoms with Crippen LogP contribution < -0.4 is 10.2 Å². The average molecular weight is 509 g/mol. The number of ether oxygens (including phenoxy) is 1. The highest BCUT2D eigenvalue weighted by molar-refractivity contribution is 5.96. The summed E-state index contributed by atoms with van der Waals surface area (Å²) in [5.41, 5.74) is -0.131. The highest BCUT2D eigenvalue weighted by Gasteiger charge is 2.59. The molecule has 0 heterocycles. The lowest BCUT2D eigenvalue weighted by Crippen LogP contribution is -2.51. The van der Waals surface area contributed by atoms with Crippen molar-refractivity contribution in [2.45, 2.75) is 58.5 Å². The van der Waals surface area contributed by atoms with Gasteiger partial charge in [0, 0.05) is 19.2 Å². The standard InChI is InChI=1S/C27H32F4N2O3/c1-17(2)12-33(13-18(3)4)24-8-6-20(26(36-16-34)14-27(30,31)15-26)10-23(24)32-25(35)9-19-5-7-21(28)11-22(19)29/h5-8,10-11,16-18H,9,12-15H2,1-4H3,(H,32,35). The van der Waals surface area contributed by atoms with Crippen LogP contribution in [0.15, 0.2) is 36.4 Å². The average Bonchev–Trinajstić information content (AvgIpc) is 2.73. The molecule has 1 amide bonds. The molecule has 0 spiro atoms. The Morgan fingerprint density at radius 1 is 1.06 bits per heavy atom. The van der Waals surface area contributed by atoms with E-state index in [4.69, 9.17) is 4.74 Å². The van der Waals surface area contributed by atoms with Gasteiger partial charge in [0.25, 0.3) is 12.4 Å². The van der Waals surface area contributed by atoms with Crippen molar-refractivity contribution in [3.63, 3.8) is 0 Å². The minimum absolute atomic E-state index is 0.0206. The van der Waals surface area contributed by atoms with Gasteiger partial charge in [-0.05, 0) is 41.2 Å². The number of anilines is 2. The van der Waals surface area contributed by atoms with Crippen LogP contribution in [0, 0.1) is 23.5 Å². The Hall–Kier alpha value is -3.10. The highest BCUT2D eigenvalue weighted by atomic mass is 19.3. The number of amides is 1. The Bertz CT molecular complexity index is 1090. The smallest absolute Gasteiger partial charge is 0.293 e. The molecule has 0 aliphatic heterocycles. The summed E-state index contributed by atoms with van der Waals surface area (Å²) in [5.74, 6) is -4.53. The number of carbonyl (C=O) groups is 2. The number of nitrogens with zero attached hydrogens (tertiary/aromatic N) is 1. The minimum atomic E-state index is -2.97. The summed E-state index contributed by atoms with van der Waals surface area (Å²) in [6.45, 7) is 9.72. The lowest BCUT2D eigenvalue weighted by Gasteiger charge is -2.46. The van der Waals surface area contributed by atoms with Crippen LogP contribution in [0.3, 0.4) is 0 Å². The molecule has 0 aromatic heterocycles. The number of halogens is 4. The molecule has 0 saturated heterocycles. The lowest BCUT2D eigenvalue weighted by molar-refractivity contribution is -0.223. The maximum absolute atomic E-state index is 14.1. The third-order valence-corrected chi connectivity index (χ3v) is 6.04. The lowest BCUT2D eigenvalue weighted by atomic mass is 9.71. The Balaban J connectivity index is 2.00. The van der Waals surface area contributed by atoms with E-state index < -0.39 is 41.9 Å². The molecule has 9 heteroatoms. The molecule has 3 rings (SSSR count). The maximum Gasteiger partial charge on any atom is 0.293 e. The summed E-state index contributed by atoms with van der Waals surface area (Å²) < 4.78 is 60.2. The van der Waals surface area contributed by atoms with Gasteiger partial charge in [0.15, 0.2) is 0 Å². The van der Waals surface area contributed by atoms with Crippen molar-refractivity contribution in [3.05, 3.63) is 59.2 Å². The van der Waals surface area contributed by atoms with Crippen molar-refractivity contribution in [3.8, 4) is 0 Å². The van der Waals surface area contributed by atoms with Crippen molar-refractivity contribution in [1.29, 1.82) is 0 Å². The van der Waals surface area contributed by atoms with Crippen LogP contribution in [0.4, 0.5) is 28.9 Å². The molecule has 1 aliphatic carbocycles. The second-order valence-corrected chi connectivity index (χ2v) is 10.3. The second-order valence-electron chi connectivity index (χ2n) is 10.3. The van der Waals surface area contributed by atoms with E-state index in [9.17, 15) is 27.2 Å². The molecule has 1 aliphatic rings. The molecule has 0 atom stereocenters. The number of carbonyl (C=O) groups excluding carboxylic acids is 2. The molecule has 1 saturated carbocycles. The largest absolute Gasteiger partial charge is 0.456 e. The van der Waals surface area contributed by atoms with E-state index in [1.165, 1.54) is 6.07 Å². The van der Waals surface area contributed by atoms with Gasteiger partial charge in [-0.3, -0.25) is 9.59 Å². The fraction of sp³-hybridized carbons (Fsp3) is 0.481. The normalized spacial score (nSPS) is 15.9. The van der Waals surface area contributed by atoms with Crippen molar-refractivity contribution < 1.29 is 31.9 Å². The first-order valence-electron chi connectivity index (χ1n) is 12.0. The van der Waals surface area contributed by atoms with Gasteiger partial charge in [0.05, 0.1) is 30.6 Å². The summed E-state index contributed by atoms with van der Waals surface area (Å²) in [4.78, 5) is 26.1. The Morgan fingerprint density at radius 2 is 1.69 bits per heavy atom. The van der Waals surface area contributed by atoms with Gasteiger partial charge >= 0.3 is 0 Å². The van der Waals surface area contributed by atoms with E-state index in [-0.39, 0.29) is 30.3 Å². The van der Waals surface area contributed by atoms with Crippen LogP contribution >= 0.6 is 0 Å². The predicted octanol–water partition coefficient (Wildman–Crippen LogP) is 6.06. The van der Waals surface area contributed by atoms with Gasteiger partial charge in [-0.15, -0.1) is 0 Å². The van der Waals surface area contributed by atoms with E-state index in [1.807, 2.05) is 0 Å². The molecule has 2 aromatic rings. The number of hydrogen-bond donors (Lipinski definition) is 1. The first-order chi connectivity index (χ1) is 16.8. The molecule has 2 aromatic carbocycles. The fourth-order valence-electron chi connectivity index (χ4n) is 4.61. The van der Waals surface area contributed by atoms with Gasteiger partial charge in [0.1, 0.15) is 17.2 Å². The number of hydrogen-bond acceptors (Lipinski definition) is 4.